The summed E-state index contributed by atoms with van der Waals surface area (Å²) in [5.41, 5.74) is 6.84. The Morgan fingerprint density at radius 2 is 2.29 bits per heavy atom. The molecule has 0 fully saturated rings. The van der Waals surface area contributed by atoms with Crippen LogP contribution in [0.2, 0.25) is 5.28 Å². The Morgan fingerprint density at radius 3 is 2.93 bits per heavy atom. The number of hydrogen-bond acceptors (Lipinski definition) is 3. The van der Waals surface area contributed by atoms with Crippen molar-refractivity contribution in [1.29, 1.82) is 0 Å². The molecule has 5 nitrogen and oxygen atoms in total. The highest BCUT2D eigenvalue weighted by molar-refractivity contribution is 6.29. The van der Waals surface area contributed by atoms with Gasteiger partial charge in [0.15, 0.2) is 0 Å². The number of nitrogens with zero attached hydrogens (tertiary/aromatic N) is 1. The van der Waals surface area contributed by atoms with Crippen LogP contribution in [-0.4, -0.2) is 21.0 Å². The Morgan fingerprint density at radius 1 is 1.57 bits per heavy atom. The van der Waals surface area contributed by atoms with Crippen LogP contribution in [0.3, 0.4) is 0 Å². The number of aromatic carboxylic acids is 1. The van der Waals surface area contributed by atoms with Crippen molar-refractivity contribution in [3.8, 4) is 0 Å². The summed E-state index contributed by atoms with van der Waals surface area (Å²) in [6, 6.07) is 2.88. The number of aromatic amines is 1. The van der Waals surface area contributed by atoms with Crippen molar-refractivity contribution in [3.05, 3.63) is 23.0 Å². The fourth-order valence-electron chi connectivity index (χ4n) is 1.23. The number of carboxylic acids is 1. The minimum absolute atomic E-state index is 0.0396. The number of aromatic nitrogens is 2. The molecule has 0 bridgehead atoms. The van der Waals surface area contributed by atoms with Crippen molar-refractivity contribution < 1.29 is 9.90 Å². The van der Waals surface area contributed by atoms with E-state index in [9.17, 15) is 4.79 Å². The van der Waals surface area contributed by atoms with Gasteiger partial charge in [-0.15, -0.1) is 0 Å². The summed E-state index contributed by atoms with van der Waals surface area (Å²) in [7, 11) is 0. The van der Waals surface area contributed by atoms with Crippen molar-refractivity contribution in [2.24, 2.45) is 0 Å². The summed E-state index contributed by atoms with van der Waals surface area (Å²) < 4.78 is 0. The molecule has 0 spiro atoms. The zero-order valence-electron chi connectivity index (χ0n) is 6.91. The van der Waals surface area contributed by atoms with Crippen molar-refractivity contribution in [3.63, 3.8) is 0 Å². The monoisotopic (exact) mass is 211 g/mol. The van der Waals surface area contributed by atoms with Crippen LogP contribution >= 0.6 is 11.6 Å². The van der Waals surface area contributed by atoms with E-state index in [1.54, 1.807) is 0 Å². The van der Waals surface area contributed by atoms with Crippen LogP contribution in [0.15, 0.2) is 12.1 Å². The van der Waals surface area contributed by atoms with Crippen LogP contribution in [-0.2, 0) is 0 Å². The van der Waals surface area contributed by atoms with Crippen molar-refractivity contribution in [1.82, 2.24) is 9.97 Å². The van der Waals surface area contributed by atoms with Crippen molar-refractivity contribution in [2.75, 3.05) is 5.73 Å². The zero-order valence-corrected chi connectivity index (χ0v) is 7.67. The first kappa shape index (κ1) is 8.83. The van der Waals surface area contributed by atoms with Gasteiger partial charge in [-0.1, -0.05) is 0 Å². The second-order valence-corrected chi connectivity index (χ2v) is 3.15. The number of carbonyl (C=O) groups is 1. The van der Waals surface area contributed by atoms with Crippen LogP contribution in [0.1, 0.15) is 10.4 Å². The molecule has 72 valence electrons. The Bertz CT molecular complexity index is 521. The van der Waals surface area contributed by atoms with E-state index >= 15 is 0 Å². The number of hydrogen-bond donors (Lipinski definition) is 3. The van der Waals surface area contributed by atoms with E-state index in [1.165, 1.54) is 12.1 Å². The van der Waals surface area contributed by atoms with Gasteiger partial charge < -0.3 is 15.8 Å². The lowest BCUT2D eigenvalue weighted by molar-refractivity contribution is 0.0698. The van der Waals surface area contributed by atoms with Crippen LogP contribution in [0, 0.1) is 0 Å². The number of carboxylic acid groups (broad SMARTS) is 1. The highest BCUT2D eigenvalue weighted by Crippen LogP contribution is 2.21. The smallest absolute Gasteiger partial charge is 0.337 e. The van der Waals surface area contributed by atoms with E-state index < -0.39 is 5.97 Å². The van der Waals surface area contributed by atoms with E-state index in [-0.39, 0.29) is 16.5 Å². The Kier molecular flexibility index (Phi) is 1.82. The van der Waals surface area contributed by atoms with Gasteiger partial charge in [-0.3, -0.25) is 0 Å². The number of H-pyrrole nitrogens is 1. The molecule has 2 aromatic rings. The van der Waals surface area contributed by atoms with Crippen LogP contribution in [0.4, 0.5) is 5.69 Å². The molecule has 0 aliphatic carbocycles. The van der Waals surface area contributed by atoms with Gasteiger partial charge in [0.25, 0.3) is 0 Å². The largest absolute Gasteiger partial charge is 0.478 e. The number of anilines is 1. The average molecular weight is 212 g/mol. The number of imidazole rings is 1. The molecule has 4 N–H and O–H groups in total. The third-order valence-electron chi connectivity index (χ3n) is 1.85. The summed E-state index contributed by atoms with van der Waals surface area (Å²) in [6.45, 7) is 0. The van der Waals surface area contributed by atoms with Crippen LogP contribution in [0.25, 0.3) is 11.0 Å². The number of nitrogens with two attached hydrogens (primary N) is 1. The number of nitrogens with one attached hydrogen (secondary N) is 1. The normalized spacial score (nSPS) is 10.6. The maximum Gasteiger partial charge on any atom is 0.337 e. The first-order chi connectivity index (χ1) is 6.58. The molecule has 0 aliphatic rings. The molecule has 0 radical (unpaired) electrons. The Labute approximate surface area is 83.5 Å². The van der Waals surface area contributed by atoms with E-state index in [4.69, 9.17) is 22.4 Å². The molecule has 0 amide bonds. The first-order valence-electron chi connectivity index (χ1n) is 3.76. The molecule has 0 aliphatic heterocycles. The number of fused-ring (bicyclic) bond motifs is 1. The van der Waals surface area contributed by atoms with Crippen molar-refractivity contribution in [2.45, 2.75) is 0 Å². The molecule has 14 heavy (non-hydrogen) atoms. The van der Waals surface area contributed by atoms with E-state index in [0.29, 0.717) is 11.0 Å². The van der Waals surface area contributed by atoms with Crippen LogP contribution in [0.5, 0.6) is 0 Å². The fourth-order valence-corrected chi connectivity index (χ4v) is 1.42. The van der Waals surface area contributed by atoms with Crippen LogP contribution < -0.4 is 5.73 Å². The van der Waals surface area contributed by atoms with Gasteiger partial charge in [0.1, 0.15) is 0 Å². The number of rotatable bonds is 1. The standard InChI is InChI=1S/C8H6ClN3O2/c9-8-11-5-1-3(7(13)14)4(10)2-6(5)12-8/h1-2H,10H2,(H,11,12)(H,13,14). The molecule has 2 rings (SSSR count). The molecular weight excluding hydrogens is 206 g/mol. The fraction of sp³-hybridized carbons (Fsp3) is 0. The van der Waals surface area contributed by atoms with E-state index in [0.717, 1.165) is 0 Å². The van der Waals surface area contributed by atoms with Gasteiger partial charge in [0, 0.05) is 5.69 Å². The molecule has 0 saturated carbocycles. The molecule has 0 saturated heterocycles. The van der Waals surface area contributed by atoms with Gasteiger partial charge in [-0.25, -0.2) is 9.78 Å². The number of benzene rings is 1. The molecule has 1 aromatic carbocycles. The van der Waals surface area contributed by atoms with E-state index in [1.807, 2.05) is 0 Å². The van der Waals surface area contributed by atoms with Gasteiger partial charge in [-0.05, 0) is 23.7 Å². The summed E-state index contributed by atoms with van der Waals surface area (Å²) in [6.07, 6.45) is 0. The Hall–Kier alpha value is -1.75. The predicted molar refractivity (Wildman–Crippen MR) is 52.5 cm³/mol. The third-order valence-corrected chi connectivity index (χ3v) is 2.03. The predicted octanol–water partition coefficient (Wildman–Crippen LogP) is 1.50. The van der Waals surface area contributed by atoms with Gasteiger partial charge in [0.05, 0.1) is 16.6 Å². The summed E-state index contributed by atoms with van der Waals surface area (Å²) in [4.78, 5) is 17.4. The maximum atomic E-state index is 10.7. The highest BCUT2D eigenvalue weighted by Gasteiger charge is 2.11. The molecule has 0 atom stereocenters. The molecule has 0 unspecified atom stereocenters. The lowest BCUT2D eigenvalue weighted by atomic mass is 10.1. The first-order valence-corrected chi connectivity index (χ1v) is 4.14. The Balaban J connectivity index is 2.76. The zero-order chi connectivity index (χ0) is 10.3. The molecule has 1 heterocycles. The lowest BCUT2D eigenvalue weighted by Crippen LogP contribution is -2.01. The highest BCUT2D eigenvalue weighted by atomic mass is 35.5. The van der Waals surface area contributed by atoms with Crippen molar-refractivity contribution >= 4 is 34.3 Å². The van der Waals surface area contributed by atoms with E-state index in [2.05, 4.69) is 9.97 Å². The maximum absolute atomic E-state index is 10.7. The number of nitrogen functional groups attached to an aromatic ring is 1. The summed E-state index contributed by atoms with van der Waals surface area (Å²) in [5, 5.41) is 8.99. The minimum Gasteiger partial charge on any atom is -0.478 e. The topological polar surface area (TPSA) is 92.0 Å². The molecule has 6 heteroatoms. The quantitative estimate of drug-likeness (QED) is 0.624. The number of halogens is 1. The second-order valence-electron chi connectivity index (χ2n) is 2.79. The summed E-state index contributed by atoms with van der Waals surface area (Å²) in [5.74, 6) is -1.07. The minimum atomic E-state index is -1.07. The third kappa shape index (κ3) is 1.27. The van der Waals surface area contributed by atoms with Gasteiger partial charge in [-0.2, -0.15) is 0 Å². The van der Waals surface area contributed by atoms with Gasteiger partial charge in [0.2, 0.25) is 5.28 Å². The van der Waals surface area contributed by atoms with Gasteiger partial charge >= 0.3 is 5.97 Å². The second kappa shape index (κ2) is 2.88. The molecule has 1 aromatic heterocycles. The lowest BCUT2D eigenvalue weighted by Gasteiger charge is -1.99. The molecular formula is C8H6ClN3O2. The summed E-state index contributed by atoms with van der Waals surface area (Å²) >= 11 is 5.61. The SMILES string of the molecule is Nc1cc2nc(Cl)[nH]c2cc1C(=O)O. The average Bonchev–Trinajstić information content (AvgIpc) is 2.42.